The molecule has 2 rings (SSSR count). The highest BCUT2D eigenvalue weighted by atomic mass is 35.5. The molecule has 3 atom stereocenters. The average molecular weight is 298 g/mol. The molecule has 4 heteroatoms. The van der Waals surface area contributed by atoms with Crippen molar-refractivity contribution >= 4 is 11.6 Å². The van der Waals surface area contributed by atoms with Gasteiger partial charge in [-0.2, -0.15) is 5.10 Å². The van der Waals surface area contributed by atoms with Gasteiger partial charge in [0.1, 0.15) is 0 Å². The summed E-state index contributed by atoms with van der Waals surface area (Å²) in [5, 5.41) is 8.90. The lowest BCUT2D eigenvalue weighted by Crippen LogP contribution is -2.33. The number of hydrogen-bond donors (Lipinski definition) is 1. The van der Waals surface area contributed by atoms with E-state index in [0.717, 1.165) is 24.0 Å². The maximum Gasteiger partial charge on any atom is 0.0834 e. The molecule has 20 heavy (non-hydrogen) atoms. The SMILES string of the molecule is CCNC(c1c(Cl)cnn1CC)C1CCCC(CC)C1. The minimum atomic E-state index is 0.351. The zero-order valence-corrected chi connectivity index (χ0v) is 13.8. The molecule has 3 nitrogen and oxygen atoms in total. The molecule has 1 aromatic heterocycles. The molecule has 0 amide bonds. The second-order valence-corrected chi connectivity index (χ2v) is 6.34. The first-order chi connectivity index (χ1) is 9.71. The summed E-state index contributed by atoms with van der Waals surface area (Å²) in [6.07, 6.45) is 8.47. The van der Waals surface area contributed by atoms with Crippen LogP contribution in [0.2, 0.25) is 5.02 Å². The second-order valence-electron chi connectivity index (χ2n) is 5.93. The first-order valence-corrected chi connectivity index (χ1v) is 8.53. The van der Waals surface area contributed by atoms with Gasteiger partial charge in [-0.3, -0.25) is 4.68 Å². The molecule has 0 aromatic carbocycles. The summed E-state index contributed by atoms with van der Waals surface area (Å²) < 4.78 is 2.06. The van der Waals surface area contributed by atoms with Crippen LogP contribution in [0.3, 0.4) is 0 Å². The van der Waals surface area contributed by atoms with Gasteiger partial charge in [-0.1, -0.05) is 44.7 Å². The van der Waals surface area contributed by atoms with Gasteiger partial charge in [0.25, 0.3) is 0 Å². The number of nitrogens with one attached hydrogen (secondary N) is 1. The van der Waals surface area contributed by atoms with E-state index < -0.39 is 0 Å². The van der Waals surface area contributed by atoms with Gasteiger partial charge in [-0.25, -0.2) is 0 Å². The Bertz CT molecular complexity index is 416. The van der Waals surface area contributed by atoms with E-state index in [1.807, 2.05) is 0 Å². The molecule has 114 valence electrons. The van der Waals surface area contributed by atoms with Crippen LogP contribution in [0.15, 0.2) is 6.20 Å². The highest BCUT2D eigenvalue weighted by Crippen LogP contribution is 2.40. The summed E-state index contributed by atoms with van der Waals surface area (Å²) >= 11 is 6.42. The predicted octanol–water partition coefficient (Wildman–Crippen LogP) is 4.42. The van der Waals surface area contributed by atoms with Crippen LogP contribution in [-0.4, -0.2) is 16.3 Å². The quantitative estimate of drug-likeness (QED) is 0.842. The molecule has 3 unspecified atom stereocenters. The summed E-state index contributed by atoms with van der Waals surface area (Å²) in [6, 6.07) is 0.351. The van der Waals surface area contributed by atoms with Crippen molar-refractivity contribution in [2.45, 2.75) is 65.5 Å². The van der Waals surface area contributed by atoms with Crippen molar-refractivity contribution in [3.05, 3.63) is 16.9 Å². The van der Waals surface area contributed by atoms with Gasteiger partial charge >= 0.3 is 0 Å². The number of nitrogens with zero attached hydrogens (tertiary/aromatic N) is 2. The van der Waals surface area contributed by atoms with Crippen LogP contribution in [0.4, 0.5) is 0 Å². The summed E-state index contributed by atoms with van der Waals surface area (Å²) in [7, 11) is 0. The van der Waals surface area contributed by atoms with E-state index in [0.29, 0.717) is 12.0 Å². The molecular formula is C16H28ClN3. The zero-order chi connectivity index (χ0) is 14.5. The van der Waals surface area contributed by atoms with Gasteiger partial charge < -0.3 is 5.32 Å². The Labute approximate surface area is 128 Å². The van der Waals surface area contributed by atoms with Crippen molar-refractivity contribution in [3.63, 3.8) is 0 Å². The van der Waals surface area contributed by atoms with E-state index in [4.69, 9.17) is 11.6 Å². The Hall–Kier alpha value is -0.540. The third-order valence-corrected chi connectivity index (χ3v) is 5.01. The summed E-state index contributed by atoms with van der Waals surface area (Å²) in [5.74, 6) is 1.57. The van der Waals surface area contributed by atoms with Crippen molar-refractivity contribution in [2.24, 2.45) is 11.8 Å². The fourth-order valence-corrected chi connectivity index (χ4v) is 3.90. The third kappa shape index (κ3) is 3.37. The van der Waals surface area contributed by atoms with Crippen LogP contribution in [0, 0.1) is 11.8 Å². The molecule has 1 N–H and O–H groups in total. The van der Waals surface area contributed by atoms with Crippen LogP contribution in [0.5, 0.6) is 0 Å². The Kier molecular flexibility index (Phi) is 5.91. The standard InChI is InChI=1S/C16H28ClN3/c1-4-12-8-7-9-13(10-12)15(18-5-2)16-14(17)11-19-20(16)6-3/h11-13,15,18H,4-10H2,1-3H3. The molecule has 0 bridgehead atoms. The predicted molar refractivity (Wildman–Crippen MR) is 85.1 cm³/mol. The summed E-state index contributed by atoms with van der Waals surface area (Å²) in [4.78, 5) is 0. The Balaban J connectivity index is 2.23. The lowest BCUT2D eigenvalue weighted by Gasteiger charge is -2.35. The third-order valence-electron chi connectivity index (χ3n) is 4.72. The van der Waals surface area contributed by atoms with Crippen molar-refractivity contribution in [1.82, 2.24) is 15.1 Å². The highest BCUT2D eigenvalue weighted by Gasteiger charge is 2.31. The van der Waals surface area contributed by atoms with E-state index in [1.54, 1.807) is 6.20 Å². The van der Waals surface area contributed by atoms with E-state index in [-0.39, 0.29) is 0 Å². The normalized spacial score (nSPS) is 24.8. The fourth-order valence-electron chi connectivity index (χ4n) is 3.65. The lowest BCUT2D eigenvalue weighted by molar-refractivity contribution is 0.205. The Morgan fingerprint density at radius 2 is 2.20 bits per heavy atom. The zero-order valence-electron chi connectivity index (χ0n) is 13.0. The molecule has 0 spiro atoms. The number of aromatic nitrogens is 2. The maximum absolute atomic E-state index is 6.42. The van der Waals surface area contributed by atoms with Crippen LogP contribution in [-0.2, 0) is 6.54 Å². The molecule has 0 saturated heterocycles. The highest BCUT2D eigenvalue weighted by molar-refractivity contribution is 6.31. The molecule has 1 fully saturated rings. The smallest absolute Gasteiger partial charge is 0.0834 e. The van der Waals surface area contributed by atoms with Crippen LogP contribution < -0.4 is 5.32 Å². The van der Waals surface area contributed by atoms with Gasteiger partial charge in [-0.05, 0) is 38.1 Å². The number of aryl methyl sites for hydroxylation is 1. The van der Waals surface area contributed by atoms with Gasteiger partial charge in [-0.15, -0.1) is 0 Å². The minimum Gasteiger partial charge on any atom is -0.309 e. The monoisotopic (exact) mass is 297 g/mol. The minimum absolute atomic E-state index is 0.351. The van der Waals surface area contributed by atoms with Crippen molar-refractivity contribution in [2.75, 3.05) is 6.54 Å². The Morgan fingerprint density at radius 3 is 2.85 bits per heavy atom. The maximum atomic E-state index is 6.42. The second kappa shape index (κ2) is 7.46. The van der Waals surface area contributed by atoms with Crippen LogP contribution in [0.25, 0.3) is 0 Å². The van der Waals surface area contributed by atoms with Crippen LogP contribution >= 0.6 is 11.6 Å². The topological polar surface area (TPSA) is 29.9 Å². The Morgan fingerprint density at radius 1 is 1.40 bits per heavy atom. The summed E-state index contributed by atoms with van der Waals surface area (Å²) in [5.41, 5.74) is 1.19. The molecule has 0 aliphatic heterocycles. The van der Waals surface area contributed by atoms with E-state index in [9.17, 15) is 0 Å². The first kappa shape index (κ1) is 15.8. The largest absolute Gasteiger partial charge is 0.309 e. The van der Waals surface area contributed by atoms with Gasteiger partial charge in [0.15, 0.2) is 0 Å². The van der Waals surface area contributed by atoms with Gasteiger partial charge in [0, 0.05) is 6.54 Å². The van der Waals surface area contributed by atoms with Crippen molar-refractivity contribution in [1.29, 1.82) is 0 Å². The number of rotatable bonds is 6. The molecule has 1 heterocycles. The number of halogens is 1. The molecule has 1 aliphatic rings. The van der Waals surface area contributed by atoms with E-state index >= 15 is 0 Å². The molecule has 0 radical (unpaired) electrons. The van der Waals surface area contributed by atoms with Gasteiger partial charge in [0.2, 0.25) is 0 Å². The average Bonchev–Trinajstić information content (AvgIpc) is 2.85. The first-order valence-electron chi connectivity index (χ1n) is 8.15. The van der Waals surface area contributed by atoms with E-state index in [2.05, 4.69) is 35.9 Å². The van der Waals surface area contributed by atoms with Crippen molar-refractivity contribution < 1.29 is 0 Å². The lowest BCUT2D eigenvalue weighted by atomic mass is 9.76. The molecular weight excluding hydrogens is 270 g/mol. The van der Waals surface area contributed by atoms with Gasteiger partial charge in [0.05, 0.1) is 23.0 Å². The van der Waals surface area contributed by atoms with Crippen molar-refractivity contribution in [3.8, 4) is 0 Å². The summed E-state index contributed by atoms with van der Waals surface area (Å²) in [6.45, 7) is 8.48. The molecule has 1 aliphatic carbocycles. The molecule has 1 aromatic rings. The van der Waals surface area contributed by atoms with E-state index in [1.165, 1.54) is 37.8 Å². The fraction of sp³-hybridized carbons (Fsp3) is 0.812. The van der Waals surface area contributed by atoms with Crippen LogP contribution in [0.1, 0.15) is 64.6 Å². The molecule has 1 saturated carbocycles. The number of hydrogen-bond acceptors (Lipinski definition) is 2.